The molecule has 21 heavy (non-hydrogen) atoms. The third-order valence-electron chi connectivity index (χ3n) is 3.08. The van der Waals surface area contributed by atoms with Gasteiger partial charge >= 0.3 is 35.2 Å². The molecule has 110 valence electrons. The van der Waals surface area contributed by atoms with Crippen molar-refractivity contribution in [3.05, 3.63) is 33.1 Å². The number of aliphatic hydroxyl groups is 1. The van der Waals surface area contributed by atoms with E-state index < -0.39 is 43.6 Å². The Morgan fingerprint density at radius 1 is 1.48 bits per heavy atom. The molecule has 2 saturated heterocycles. The largest absolute Gasteiger partial charge is 1.00 e. The number of nitrogens with one attached hydrogen (secondary N) is 1. The molecule has 2 aliphatic heterocycles. The van der Waals surface area contributed by atoms with Gasteiger partial charge in [0.25, 0.3) is 13.4 Å². The van der Waals surface area contributed by atoms with Crippen LogP contribution in [0.3, 0.4) is 0 Å². The fourth-order valence-corrected chi connectivity index (χ4v) is 3.13. The summed E-state index contributed by atoms with van der Waals surface area (Å²) in [7, 11) is -4.47. The Kier molecular flexibility index (Phi) is 4.94. The predicted octanol–water partition coefficient (Wildman–Crippen LogP) is -5.32. The van der Waals surface area contributed by atoms with Crippen LogP contribution in [0.2, 0.25) is 0 Å². The SMILES string of the molecule is O=c1ccn(C2OC3COP(=O)([O-])OC3C2O)c(=O)[nH]1.[Na+]. The number of H-pyrrole nitrogens is 1. The number of hydrogen-bond acceptors (Lipinski definition) is 8. The van der Waals surface area contributed by atoms with Crippen LogP contribution in [0.5, 0.6) is 0 Å². The van der Waals surface area contributed by atoms with Gasteiger partial charge < -0.3 is 23.8 Å². The third kappa shape index (κ3) is 3.24. The number of phosphoric ester groups is 1. The molecule has 0 radical (unpaired) electrons. The zero-order chi connectivity index (χ0) is 14.5. The Balaban J connectivity index is 0.00000161. The van der Waals surface area contributed by atoms with E-state index in [1.807, 2.05) is 4.98 Å². The Labute approximate surface area is 139 Å². The number of aromatic amines is 1. The van der Waals surface area contributed by atoms with Gasteiger partial charge in [-0.1, -0.05) is 0 Å². The molecule has 12 heteroatoms. The van der Waals surface area contributed by atoms with Crippen molar-refractivity contribution in [1.82, 2.24) is 9.55 Å². The molecule has 1 aromatic heterocycles. The second kappa shape index (κ2) is 6.07. The number of ether oxygens (including phenoxy) is 1. The van der Waals surface area contributed by atoms with Crippen LogP contribution in [0.4, 0.5) is 0 Å². The van der Waals surface area contributed by atoms with Gasteiger partial charge in [0.15, 0.2) is 6.23 Å². The predicted molar refractivity (Wildman–Crippen MR) is 59.7 cm³/mol. The number of nitrogens with zero attached hydrogens (tertiary/aromatic N) is 1. The van der Waals surface area contributed by atoms with Gasteiger partial charge in [-0.15, -0.1) is 0 Å². The molecule has 0 amide bonds. The quantitative estimate of drug-likeness (QED) is 0.384. The molecule has 1 aromatic rings. The summed E-state index contributed by atoms with van der Waals surface area (Å²) < 4.78 is 26.6. The fourth-order valence-electron chi connectivity index (χ4n) is 2.19. The first-order valence-corrected chi connectivity index (χ1v) is 7.12. The number of rotatable bonds is 1. The maximum Gasteiger partial charge on any atom is 1.00 e. The van der Waals surface area contributed by atoms with E-state index in [1.54, 1.807) is 0 Å². The monoisotopic (exact) mass is 328 g/mol. The molecular weight excluding hydrogens is 318 g/mol. The van der Waals surface area contributed by atoms with Crippen molar-refractivity contribution < 1.29 is 57.9 Å². The van der Waals surface area contributed by atoms with Gasteiger partial charge in [0.05, 0.1) is 6.61 Å². The third-order valence-corrected chi connectivity index (χ3v) is 4.05. The Hall–Kier alpha value is -0.290. The molecule has 3 rings (SSSR count). The molecule has 5 unspecified atom stereocenters. The molecule has 2 fully saturated rings. The minimum Gasteiger partial charge on any atom is -0.756 e. The van der Waals surface area contributed by atoms with E-state index >= 15 is 0 Å². The van der Waals surface area contributed by atoms with Crippen molar-refractivity contribution in [3.63, 3.8) is 0 Å². The number of phosphoric acid groups is 1. The molecule has 10 nitrogen and oxygen atoms in total. The van der Waals surface area contributed by atoms with Crippen LogP contribution in [0.25, 0.3) is 0 Å². The Morgan fingerprint density at radius 3 is 2.86 bits per heavy atom. The second-order valence-corrected chi connectivity index (χ2v) is 5.75. The Bertz CT molecular complexity index is 689. The number of fused-ring (bicyclic) bond motifs is 1. The summed E-state index contributed by atoms with van der Waals surface area (Å²) in [6, 6.07) is 1.08. The maximum absolute atomic E-state index is 11.6. The summed E-state index contributed by atoms with van der Waals surface area (Å²) in [4.78, 5) is 35.8. The Morgan fingerprint density at radius 2 is 2.19 bits per heavy atom. The number of aromatic nitrogens is 2. The average molecular weight is 328 g/mol. The molecule has 0 spiro atoms. The first-order chi connectivity index (χ1) is 9.37. The van der Waals surface area contributed by atoms with Gasteiger partial charge in [-0.05, 0) is 0 Å². The molecule has 5 atom stereocenters. The first-order valence-electron chi connectivity index (χ1n) is 5.66. The fraction of sp³-hybridized carbons (Fsp3) is 0.556. The van der Waals surface area contributed by atoms with E-state index in [0.29, 0.717) is 0 Å². The summed E-state index contributed by atoms with van der Waals surface area (Å²) in [6.45, 7) is -0.308. The van der Waals surface area contributed by atoms with Crippen molar-refractivity contribution in [1.29, 1.82) is 0 Å². The van der Waals surface area contributed by atoms with Crippen molar-refractivity contribution in [2.45, 2.75) is 24.5 Å². The van der Waals surface area contributed by atoms with Gasteiger partial charge in [0, 0.05) is 12.3 Å². The van der Waals surface area contributed by atoms with Crippen molar-refractivity contribution in [2.24, 2.45) is 0 Å². The van der Waals surface area contributed by atoms with E-state index in [4.69, 9.17) is 4.74 Å². The summed E-state index contributed by atoms with van der Waals surface area (Å²) in [6.07, 6.45) is -3.41. The molecular formula is C9H10N2NaO8P. The summed E-state index contributed by atoms with van der Waals surface area (Å²) in [5.74, 6) is 0. The average Bonchev–Trinajstić information content (AvgIpc) is 2.66. The van der Waals surface area contributed by atoms with Crippen LogP contribution in [-0.2, 0) is 18.3 Å². The van der Waals surface area contributed by atoms with Crippen LogP contribution in [0.15, 0.2) is 21.9 Å². The van der Waals surface area contributed by atoms with Gasteiger partial charge in [-0.25, -0.2) is 4.79 Å². The van der Waals surface area contributed by atoms with Crippen molar-refractivity contribution in [2.75, 3.05) is 6.61 Å². The minimum absolute atomic E-state index is 0. The summed E-state index contributed by atoms with van der Waals surface area (Å²) in [5.41, 5.74) is -1.38. The summed E-state index contributed by atoms with van der Waals surface area (Å²) in [5, 5.41) is 10.0. The van der Waals surface area contributed by atoms with Crippen LogP contribution in [-0.4, -0.2) is 39.6 Å². The van der Waals surface area contributed by atoms with E-state index in [-0.39, 0.29) is 36.2 Å². The smallest absolute Gasteiger partial charge is 0.756 e. The topological polar surface area (TPSA) is 143 Å². The second-order valence-electron chi connectivity index (χ2n) is 4.39. The van der Waals surface area contributed by atoms with E-state index in [9.17, 15) is 24.2 Å². The summed E-state index contributed by atoms with van der Waals surface area (Å²) >= 11 is 0. The molecule has 0 aliphatic carbocycles. The molecule has 0 saturated carbocycles. The number of aliphatic hydroxyl groups excluding tert-OH is 1. The van der Waals surface area contributed by atoms with Crippen LogP contribution in [0.1, 0.15) is 6.23 Å². The molecule has 0 aromatic carbocycles. The van der Waals surface area contributed by atoms with Crippen molar-refractivity contribution >= 4 is 7.82 Å². The zero-order valence-electron chi connectivity index (χ0n) is 10.9. The van der Waals surface area contributed by atoms with Gasteiger partial charge in [0.2, 0.25) is 0 Å². The molecule has 3 heterocycles. The maximum atomic E-state index is 11.6. The molecule has 2 aliphatic rings. The molecule has 2 N–H and O–H groups in total. The van der Waals surface area contributed by atoms with E-state index in [0.717, 1.165) is 16.8 Å². The van der Waals surface area contributed by atoms with Gasteiger partial charge in [-0.2, -0.15) is 0 Å². The van der Waals surface area contributed by atoms with E-state index in [1.165, 1.54) is 0 Å². The van der Waals surface area contributed by atoms with Crippen LogP contribution in [0, 0.1) is 0 Å². The normalized spacial score (nSPS) is 38.6. The van der Waals surface area contributed by atoms with E-state index in [2.05, 4.69) is 9.05 Å². The van der Waals surface area contributed by atoms with Crippen molar-refractivity contribution in [3.8, 4) is 0 Å². The zero-order valence-corrected chi connectivity index (χ0v) is 13.8. The standard InChI is InChI=1S/C9H11N2O8P.Na/c12-5-1-2-11(9(14)10-5)8-6(13)7-4(18-8)3-17-20(15,16)19-7;/h1-2,4,6-8,13H,3H2,(H,15,16)(H,10,12,14);/q;+1/p-1. The first kappa shape index (κ1) is 17.1. The van der Waals surface area contributed by atoms with Gasteiger partial charge in [-0.3, -0.25) is 18.9 Å². The van der Waals surface area contributed by atoms with Crippen LogP contribution >= 0.6 is 7.82 Å². The minimum atomic E-state index is -4.47. The van der Waals surface area contributed by atoms with Crippen LogP contribution < -0.4 is 45.7 Å². The number of hydrogen-bond donors (Lipinski definition) is 2. The van der Waals surface area contributed by atoms with Gasteiger partial charge in [0.1, 0.15) is 18.3 Å². The molecule has 0 bridgehead atoms.